The van der Waals surface area contributed by atoms with Crippen LogP contribution >= 0.6 is 0 Å². The van der Waals surface area contributed by atoms with Crippen molar-refractivity contribution in [3.05, 3.63) is 29.8 Å². The van der Waals surface area contributed by atoms with Gasteiger partial charge < -0.3 is 14.4 Å². The van der Waals surface area contributed by atoms with Gasteiger partial charge in [-0.2, -0.15) is 0 Å². The number of hydrogen-bond acceptors (Lipinski definition) is 3. The van der Waals surface area contributed by atoms with Crippen LogP contribution in [0.1, 0.15) is 5.56 Å². The van der Waals surface area contributed by atoms with Crippen LogP contribution in [0.5, 0.6) is 0 Å². The molecule has 2 aliphatic rings. The number of para-hydroxylation sites is 1. The number of epoxide rings is 2. The minimum atomic E-state index is 0.440. The second kappa shape index (κ2) is 4.07. The molecular formula is C13H17NO2. The van der Waals surface area contributed by atoms with Crippen molar-refractivity contribution in [1.82, 2.24) is 0 Å². The topological polar surface area (TPSA) is 28.3 Å². The fourth-order valence-corrected chi connectivity index (χ4v) is 2.06. The van der Waals surface area contributed by atoms with Crippen LogP contribution in [0.15, 0.2) is 24.3 Å². The Balaban J connectivity index is 1.74. The van der Waals surface area contributed by atoms with Crippen molar-refractivity contribution in [3.63, 3.8) is 0 Å². The van der Waals surface area contributed by atoms with Crippen LogP contribution in [0, 0.1) is 0 Å². The summed E-state index contributed by atoms with van der Waals surface area (Å²) in [6.07, 6.45) is 1.92. The summed E-state index contributed by atoms with van der Waals surface area (Å²) in [6, 6.07) is 8.57. The molecule has 0 aliphatic carbocycles. The summed E-state index contributed by atoms with van der Waals surface area (Å²) in [5.74, 6) is 0. The molecule has 1 aromatic carbocycles. The van der Waals surface area contributed by atoms with Gasteiger partial charge in [0.15, 0.2) is 0 Å². The molecule has 2 heterocycles. The Morgan fingerprint density at radius 1 is 1.19 bits per heavy atom. The molecule has 2 aliphatic heterocycles. The average molecular weight is 219 g/mol. The van der Waals surface area contributed by atoms with Crippen molar-refractivity contribution < 1.29 is 9.47 Å². The molecule has 86 valence electrons. The van der Waals surface area contributed by atoms with Gasteiger partial charge in [0.2, 0.25) is 0 Å². The second-order valence-electron chi connectivity index (χ2n) is 4.62. The first-order valence-electron chi connectivity index (χ1n) is 5.85. The summed E-state index contributed by atoms with van der Waals surface area (Å²) in [5.41, 5.74) is 2.70. The highest BCUT2D eigenvalue weighted by molar-refractivity contribution is 5.53. The summed E-state index contributed by atoms with van der Waals surface area (Å²) in [4.78, 5) is 2.29. The summed E-state index contributed by atoms with van der Waals surface area (Å²) in [5, 5.41) is 0. The third-order valence-electron chi connectivity index (χ3n) is 3.13. The zero-order valence-electron chi connectivity index (χ0n) is 9.56. The van der Waals surface area contributed by atoms with Gasteiger partial charge in [0.05, 0.1) is 25.4 Å². The SMILES string of the molecule is CN(CC1CO1)c1ccccc1CC1CO1. The standard InChI is InChI=1S/C13H17NO2/c1-14(7-12-9-16-12)13-5-3-2-4-10(13)6-11-8-15-11/h2-5,11-12H,6-9H2,1H3. The van der Waals surface area contributed by atoms with Crippen LogP contribution in [0.25, 0.3) is 0 Å². The smallest absolute Gasteiger partial charge is 0.0984 e. The van der Waals surface area contributed by atoms with Crippen molar-refractivity contribution in [2.24, 2.45) is 0 Å². The highest BCUT2D eigenvalue weighted by atomic mass is 16.6. The molecule has 1 aromatic rings. The van der Waals surface area contributed by atoms with Gasteiger partial charge in [-0.1, -0.05) is 18.2 Å². The van der Waals surface area contributed by atoms with Crippen molar-refractivity contribution >= 4 is 5.69 Å². The maximum absolute atomic E-state index is 5.30. The Labute approximate surface area is 96.0 Å². The van der Waals surface area contributed by atoms with Gasteiger partial charge >= 0.3 is 0 Å². The van der Waals surface area contributed by atoms with E-state index in [0.29, 0.717) is 12.2 Å². The molecule has 3 rings (SSSR count). The molecule has 2 atom stereocenters. The van der Waals surface area contributed by atoms with E-state index in [9.17, 15) is 0 Å². The highest BCUT2D eigenvalue weighted by Crippen LogP contribution is 2.26. The third-order valence-corrected chi connectivity index (χ3v) is 3.13. The van der Waals surface area contributed by atoms with E-state index in [1.807, 2.05) is 0 Å². The van der Waals surface area contributed by atoms with Gasteiger partial charge in [0, 0.05) is 25.7 Å². The molecule has 0 saturated carbocycles. The number of hydrogen-bond donors (Lipinski definition) is 0. The summed E-state index contributed by atoms with van der Waals surface area (Å²) < 4.78 is 10.6. The van der Waals surface area contributed by atoms with Crippen LogP contribution in [0.2, 0.25) is 0 Å². The fourth-order valence-electron chi connectivity index (χ4n) is 2.06. The van der Waals surface area contributed by atoms with E-state index in [0.717, 1.165) is 26.2 Å². The number of nitrogens with zero attached hydrogens (tertiary/aromatic N) is 1. The molecule has 2 fully saturated rings. The largest absolute Gasteiger partial charge is 0.373 e. The number of benzene rings is 1. The number of anilines is 1. The molecule has 16 heavy (non-hydrogen) atoms. The van der Waals surface area contributed by atoms with Crippen LogP contribution < -0.4 is 4.90 Å². The van der Waals surface area contributed by atoms with Crippen molar-refractivity contribution in [3.8, 4) is 0 Å². The Morgan fingerprint density at radius 3 is 2.56 bits per heavy atom. The molecule has 2 unspecified atom stereocenters. The summed E-state index contributed by atoms with van der Waals surface area (Å²) in [7, 11) is 2.13. The van der Waals surface area contributed by atoms with Crippen molar-refractivity contribution in [2.75, 3.05) is 31.7 Å². The lowest BCUT2D eigenvalue weighted by Gasteiger charge is -2.21. The average Bonchev–Trinajstić information content (AvgIpc) is 3.14. The van der Waals surface area contributed by atoms with E-state index in [1.54, 1.807) is 0 Å². The van der Waals surface area contributed by atoms with Crippen molar-refractivity contribution in [1.29, 1.82) is 0 Å². The minimum absolute atomic E-state index is 0.440. The van der Waals surface area contributed by atoms with E-state index in [-0.39, 0.29) is 0 Å². The Kier molecular flexibility index (Phi) is 2.58. The minimum Gasteiger partial charge on any atom is -0.373 e. The van der Waals surface area contributed by atoms with E-state index in [4.69, 9.17) is 9.47 Å². The van der Waals surface area contributed by atoms with Gasteiger partial charge in [-0.05, 0) is 11.6 Å². The first kappa shape index (κ1) is 10.1. The predicted molar refractivity (Wildman–Crippen MR) is 62.9 cm³/mol. The van der Waals surface area contributed by atoms with Gasteiger partial charge in [0.25, 0.3) is 0 Å². The lowest BCUT2D eigenvalue weighted by atomic mass is 10.1. The normalized spacial score (nSPS) is 26.6. The zero-order chi connectivity index (χ0) is 11.0. The van der Waals surface area contributed by atoms with Gasteiger partial charge in [-0.15, -0.1) is 0 Å². The Morgan fingerprint density at radius 2 is 1.88 bits per heavy atom. The molecule has 0 radical (unpaired) electrons. The molecule has 0 N–H and O–H groups in total. The third kappa shape index (κ3) is 2.36. The lowest BCUT2D eigenvalue weighted by molar-refractivity contribution is 0.406. The molecule has 2 saturated heterocycles. The highest BCUT2D eigenvalue weighted by Gasteiger charge is 2.27. The monoisotopic (exact) mass is 219 g/mol. The Hall–Kier alpha value is -1.06. The molecule has 0 spiro atoms. The van der Waals surface area contributed by atoms with Crippen LogP contribution in [-0.4, -0.2) is 39.0 Å². The van der Waals surface area contributed by atoms with E-state index >= 15 is 0 Å². The first-order chi connectivity index (χ1) is 7.83. The predicted octanol–water partition coefficient (Wildman–Crippen LogP) is 1.46. The molecular weight excluding hydrogens is 202 g/mol. The Bertz CT molecular complexity index is 372. The maximum atomic E-state index is 5.30. The van der Waals surface area contributed by atoms with Crippen LogP contribution in [0.4, 0.5) is 5.69 Å². The van der Waals surface area contributed by atoms with Gasteiger partial charge in [-0.3, -0.25) is 0 Å². The maximum Gasteiger partial charge on any atom is 0.0984 e. The first-order valence-corrected chi connectivity index (χ1v) is 5.85. The fraction of sp³-hybridized carbons (Fsp3) is 0.538. The molecule has 3 heteroatoms. The second-order valence-corrected chi connectivity index (χ2v) is 4.62. The summed E-state index contributed by atoms with van der Waals surface area (Å²) in [6.45, 7) is 2.82. The van der Waals surface area contributed by atoms with Crippen molar-refractivity contribution in [2.45, 2.75) is 18.6 Å². The van der Waals surface area contributed by atoms with E-state index < -0.39 is 0 Å². The number of likely N-dealkylation sites (N-methyl/N-ethyl adjacent to an activating group) is 1. The number of ether oxygens (including phenoxy) is 2. The lowest BCUT2D eigenvalue weighted by Crippen LogP contribution is -2.23. The quantitative estimate of drug-likeness (QED) is 0.702. The van der Waals surface area contributed by atoms with Gasteiger partial charge in [0.1, 0.15) is 0 Å². The van der Waals surface area contributed by atoms with E-state index in [2.05, 4.69) is 36.2 Å². The molecule has 0 amide bonds. The van der Waals surface area contributed by atoms with Crippen LogP contribution in [0.3, 0.4) is 0 Å². The molecule has 0 aromatic heterocycles. The van der Waals surface area contributed by atoms with Crippen LogP contribution in [-0.2, 0) is 15.9 Å². The summed E-state index contributed by atoms with van der Waals surface area (Å²) >= 11 is 0. The molecule has 3 nitrogen and oxygen atoms in total. The number of rotatable bonds is 5. The van der Waals surface area contributed by atoms with Gasteiger partial charge in [-0.25, -0.2) is 0 Å². The van der Waals surface area contributed by atoms with E-state index in [1.165, 1.54) is 11.3 Å². The zero-order valence-corrected chi connectivity index (χ0v) is 9.56. The molecule has 0 bridgehead atoms.